The molecule has 2 rings (SSSR count). The zero-order valence-corrected chi connectivity index (χ0v) is 17.3. The molecule has 0 aromatic heterocycles. The Hall–Kier alpha value is -3.73. The van der Waals surface area contributed by atoms with E-state index in [1.807, 2.05) is 6.07 Å². The fourth-order valence-corrected chi connectivity index (χ4v) is 2.51. The minimum absolute atomic E-state index is 0.234. The lowest BCUT2D eigenvalue weighted by molar-refractivity contribution is -0.160. The fourth-order valence-electron chi connectivity index (χ4n) is 2.51. The Morgan fingerprint density at radius 1 is 1.00 bits per heavy atom. The third-order valence-electron chi connectivity index (χ3n) is 4.21. The number of benzene rings is 2. The molecule has 2 aromatic rings. The van der Waals surface area contributed by atoms with Gasteiger partial charge in [0, 0.05) is 6.54 Å². The van der Waals surface area contributed by atoms with E-state index in [9.17, 15) is 9.59 Å². The lowest BCUT2D eigenvalue weighted by Crippen LogP contribution is -2.38. The maximum Gasteiger partial charge on any atom is 0.347 e. The number of esters is 1. The van der Waals surface area contributed by atoms with Gasteiger partial charge in [0.2, 0.25) is 0 Å². The first-order chi connectivity index (χ1) is 14.4. The quantitative estimate of drug-likeness (QED) is 0.631. The molecular formula is C22H24N2O6. The summed E-state index contributed by atoms with van der Waals surface area (Å²) >= 11 is 0. The molecule has 8 heteroatoms. The summed E-state index contributed by atoms with van der Waals surface area (Å²) in [6.45, 7) is 3.24. The van der Waals surface area contributed by atoms with E-state index in [2.05, 4.69) is 5.32 Å². The van der Waals surface area contributed by atoms with Crippen molar-refractivity contribution in [3.8, 4) is 23.3 Å². The number of hydrogen-bond acceptors (Lipinski definition) is 7. The van der Waals surface area contributed by atoms with Gasteiger partial charge in [-0.15, -0.1) is 0 Å². The predicted molar refractivity (Wildman–Crippen MR) is 108 cm³/mol. The molecule has 1 N–H and O–H groups in total. The summed E-state index contributed by atoms with van der Waals surface area (Å²) in [5, 5.41) is 11.5. The van der Waals surface area contributed by atoms with Crippen LogP contribution in [0.3, 0.4) is 0 Å². The van der Waals surface area contributed by atoms with E-state index in [0.29, 0.717) is 22.8 Å². The van der Waals surface area contributed by atoms with Gasteiger partial charge in [0.1, 0.15) is 5.75 Å². The Labute approximate surface area is 175 Å². The highest BCUT2D eigenvalue weighted by atomic mass is 16.6. The van der Waals surface area contributed by atoms with E-state index in [1.54, 1.807) is 49.6 Å². The maximum absolute atomic E-state index is 12.3. The van der Waals surface area contributed by atoms with E-state index in [4.69, 9.17) is 24.2 Å². The van der Waals surface area contributed by atoms with Gasteiger partial charge in [-0.3, -0.25) is 4.79 Å². The van der Waals surface area contributed by atoms with Gasteiger partial charge in [-0.2, -0.15) is 5.26 Å². The molecule has 8 nitrogen and oxygen atoms in total. The largest absolute Gasteiger partial charge is 0.493 e. The minimum Gasteiger partial charge on any atom is -0.493 e. The topological polar surface area (TPSA) is 107 Å². The van der Waals surface area contributed by atoms with Crippen molar-refractivity contribution in [2.75, 3.05) is 14.2 Å². The normalized spacial score (nSPS) is 12.1. The van der Waals surface area contributed by atoms with Gasteiger partial charge in [0.05, 0.1) is 25.9 Å². The van der Waals surface area contributed by atoms with E-state index in [0.717, 1.165) is 5.56 Å². The number of rotatable bonds is 9. The molecule has 0 radical (unpaired) electrons. The highest BCUT2D eigenvalue weighted by molar-refractivity contribution is 5.84. The molecule has 0 aliphatic carbocycles. The van der Waals surface area contributed by atoms with Crippen LogP contribution in [0.5, 0.6) is 17.2 Å². The van der Waals surface area contributed by atoms with Crippen LogP contribution in [-0.4, -0.2) is 38.3 Å². The van der Waals surface area contributed by atoms with Crippen LogP contribution < -0.4 is 19.5 Å². The monoisotopic (exact) mass is 412 g/mol. The van der Waals surface area contributed by atoms with Gasteiger partial charge < -0.3 is 24.3 Å². The molecule has 2 aromatic carbocycles. The lowest BCUT2D eigenvalue weighted by Gasteiger charge is -2.18. The van der Waals surface area contributed by atoms with Crippen LogP contribution in [-0.2, 0) is 20.9 Å². The second-order valence-corrected chi connectivity index (χ2v) is 6.38. The third kappa shape index (κ3) is 6.14. The van der Waals surface area contributed by atoms with Gasteiger partial charge in [0.15, 0.2) is 23.7 Å². The van der Waals surface area contributed by atoms with Crippen LogP contribution in [0.15, 0.2) is 42.5 Å². The molecular weight excluding hydrogens is 388 g/mol. The zero-order valence-electron chi connectivity index (χ0n) is 17.3. The van der Waals surface area contributed by atoms with Gasteiger partial charge in [-0.05, 0) is 55.8 Å². The summed E-state index contributed by atoms with van der Waals surface area (Å²) in [4.78, 5) is 24.5. The van der Waals surface area contributed by atoms with Crippen molar-refractivity contribution in [2.24, 2.45) is 0 Å². The first-order valence-corrected chi connectivity index (χ1v) is 9.23. The molecule has 0 heterocycles. The second kappa shape index (κ2) is 10.7. The van der Waals surface area contributed by atoms with Crippen molar-refractivity contribution in [3.05, 3.63) is 53.6 Å². The number of nitrogens with one attached hydrogen (secondary N) is 1. The Morgan fingerprint density at radius 3 is 2.27 bits per heavy atom. The average molecular weight is 412 g/mol. The predicted octanol–water partition coefficient (Wildman–Crippen LogP) is 2.59. The van der Waals surface area contributed by atoms with Crippen LogP contribution in [0.4, 0.5) is 0 Å². The molecule has 2 atom stereocenters. The first kappa shape index (κ1) is 22.6. The Kier molecular flexibility index (Phi) is 8.06. The van der Waals surface area contributed by atoms with Crippen molar-refractivity contribution in [2.45, 2.75) is 32.6 Å². The molecule has 0 bridgehead atoms. The van der Waals surface area contributed by atoms with Crippen molar-refractivity contribution in [1.29, 1.82) is 5.26 Å². The molecule has 0 saturated carbocycles. The summed E-state index contributed by atoms with van der Waals surface area (Å²) < 4.78 is 21.1. The Morgan fingerprint density at radius 2 is 1.67 bits per heavy atom. The van der Waals surface area contributed by atoms with E-state index in [1.165, 1.54) is 21.0 Å². The average Bonchev–Trinajstić information content (AvgIpc) is 2.77. The lowest BCUT2D eigenvalue weighted by atomic mass is 10.2. The zero-order chi connectivity index (χ0) is 22.1. The molecule has 30 heavy (non-hydrogen) atoms. The second-order valence-electron chi connectivity index (χ2n) is 6.38. The number of nitrogens with zero attached hydrogens (tertiary/aromatic N) is 1. The Balaban J connectivity index is 1.85. The highest BCUT2D eigenvalue weighted by Crippen LogP contribution is 2.27. The Bertz CT molecular complexity index is 920. The summed E-state index contributed by atoms with van der Waals surface area (Å²) in [6, 6.07) is 13.6. The molecule has 1 amide bonds. The van der Waals surface area contributed by atoms with Gasteiger partial charge in [-0.25, -0.2) is 4.79 Å². The van der Waals surface area contributed by atoms with Crippen molar-refractivity contribution in [3.63, 3.8) is 0 Å². The summed E-state index contributed by atoms with van der Waals surface area (Å²) in [7, 11) is 3.07. The summed E-state index contributed by atoms with van der Waals surface area (Å²) in [6.07, 6.45) is -1.91. The number of methoxy groups -OCH3 is 2. The van der Waals surface area contributed by atoms with Crippen LogP contribution in [0, 0.1) is 11.3 Å². The standard InChI is InChI=1S/C22H24N2O6/c1-14(21(25)24-13-17-7-10-19(27-3)20(11-17)28-4)30-22(26)15(2)29-18-8-5-16(12-23)6-9-18/h5-11,14-15H,13H2,1-4H3,(H,24,25)/t14-,15-/m0/s1. The third-order valence-corrected chi connectivity index (χ3v) is 4.21. The number of amides is 1. The van der Waals surface area contributed by atoms with Gasteiger partial charge >= 0.3 is 5.97 Å². The van der Waals surface area contributed by atoms with Crippen molar-refractivity contribution in [1.82, 2.24) is 5.32 Å². The molecule has 0 aliphatic rings. The van der Waals surface area contributed by atoms with E-state index in [-0.39, 0.29) is 6.54 Å². The molecule has 0 fully saturated rings. The van der Waals surface area contributed by atoms with Gasteiger partial charge in [0.25, 0.3) is 5.91 Å². The maximum atomic E-state index is 12.3. The molecule has 0 spiro atoms. The summed E-state index contributed by atoms with van der Waals surface area (Å²) in [5.74, 6) is 0.449. The molecule has 158 valence electrons. The van der Waals surface area contributed by atoms with Crippen LogP contribution >= 0.6 is 0 Å². The number of carbonyl (C=O) groups is 2. The molecule has 0 saturated heterocycles. The number of ether oxygens (including phenoxy) is 4. The van der Waals surface area contributed by atoms with Crippen LogP contribution in [0.1, 0.15) is 25.0 Å². The highest BCUT2D eigenvalue weighted by Gasteiger charge is 2.23. The van der Waals surface area contributed by atoms with E-state index >= 15 is 0 Å². The summed E-state index contributed by atoms with van der Waals surface area (Å²) in [5.41, 5.74) is 1.29. The van der Waals surface area contributed by atoms with Crippen LogP contribution in [0.25, 0.3) is 0 Å². The number of nitriles is 1. The van der Waals surface area contributed by atoms with Gasteiger partial charge in [-0.1, -0.05) is 6.07 Å². The number of carbonyl (C=O) groups excluding carboxylic acids is 2. The molecule has 0 unspecified atom stereocenters. The van der Waals surface area contributed by atoms with E-state index < -0.39 is 24.1 Å². The van der Waals surface area contributed by atoms with Crippen LogP contribution in [0.2, 0.25) is 0 Å². The molecule has 0 aliphatic heterocycles. The number of hydrogen-bond donors (Lipinski definition) is 1. The smallest absolute Gasteiger partial charge is 0.347 e. The SMILES string of the molecule is COc1ccc(CNC(=O)[C@H](C)OC(=O)[C@H](C)Oc2ccc(C#N)cc2)cc1OC. The first-order valence-electron chi connectivity index (χ1n) is 9.23. The van der Waals surface area contributed by atoms with Crippen molar-refractivity contribution >= 4 is 11.9 Å². The minimum atomic E-state index is -0.996. The van der Waals surface area contributed by atoms with Crippen molar-refractivity contribution < 1.29 is 28.5 Å². The fraction of sp³-hybridized carbons (Fsp3) is 0.318.